The maximum atomic E-state index is 3.45. The van der Waals surface area contributed by atoms with E-state index in [0.29, 0.717) is 0 Å². The van der Waals surface area contributed by atoms with Crippen molar-refractivity contribution >= 4 is 12.4 Å². The molecule has 2 saturated heterocycles. The van der Waals surface area contributed by atoms with E-state index in [9.17, 15) is 0 Å². The molecular weight excluding hydrogens is 220 g/mol. The Hall–Kier alpha value is 0.210. The fourth-order valence-corrected chi connectivity index (χ4v) is 3.07. The van der Waals surface area contributed by atoms with Crippen LogP contribution >= 0.6 is 12.4 Å². The van der Waals surface area contributed by atoms with Crippen LogP contribution in [0.5, 0.6) is 0 Å². The highest BCUT2D eigenvalue weighted by molar-refractivity contribution is 5.85. The normalized spacial score (nSPS) is 33.4. The van der Waals surface area contributed by atoms with Gasteiger partial charge in [-0.25, -0.2) is 0 Å². The highest BCUT2D eigenvalue weighted by Crippen LogP contribution is 2.25. The fourth-order valence-electron chi connectivity index (χ4n) is 3.07. The van der Waals surface area contributed by atoms with Crippen LogP contribution in [-0.2, 0) is 0 Å². The Morgan fingerprint density at radius 3 is 2.50 bits per heavy atom. The highest BCUT2D eigenvalue weighted by Gasteiger charge is 2.26. The third-order valence-corrected chi connectivity index (χ3v) is 4.46. The second kappa shape index (κ2) is 6.83. The van der Waals surface area contributed by atoms with E-state index < -0.39 is 0 Å². The zero-order valence-electron chi connectivity index (χ0n) is 10.7. The molecule has 0 aliphatic carbocycles. The van der Waals surface area contributed by atoms with Crippen LogP contribution in [0.4, 0.5) is 0 Å². The van der Waals surface area contributed by atoms with Crippen LogP contribution in [0.1, 0.15) is 39.5 Å². The summed E-state index contributed by atoms with van der Waals surface area (Å²) >= 11 is 0. The molecule has 16 heavy (non-hydrogen) atoms. The number of nitrogens with one attached hydrogen (secondary N) is 1. The van der Waals surface area contributed by atoms with E-state index >= 15 is 0 Å². The third-order valence-electron chi connectivity index (χ3n) is 4.46. The average molecular weight is 247 g/mol. The van der Waals surface area contributed by atoms with E-state index in [2.05, 4.69) is 24.1 Å². The number of hydrogen-bond donors (Lipinski definition) is 1. The molecule has 3 heteroatoms. The van der Waals surface area contributed by atoms with Crippen molar-refractivity contribution in [2.24, 2.45) is 11.8 Å². The predicted molar refractivity (Wildman–Crippen MR) is 72.3 cm³/mol. The lowest BCUT2D eigenvalue weighted by atomic mass is 9.89. The Morgan fingerprint density at radius 1 is 1.12 bits per heavy atom. The molecule has 0 aromatic heterocycles. The molecule has 96 valence electrons. The van der Waals surface area contributed by atoms with E-state index in [0.717, 1.165) is 17.9 Å². The fraction of sp³-hybridized carbons (Fsp3) is 1.00. The smallest absolute Gasteiger partial charge is 0.00926 e. The lowest BCUT2D eigenvalue weighted by Crippen LogP contribution is -2.46. The molecule has 0 amide bonds. The highest BCUT2D eigenvalue weighted by atomic mass is 35.5. The Bertz CT molecular complexity index is 192. The van der Waals surface area contributed by atoms with E-state index in [1.807, 2.05) is 0 Å². The maximum Gasteiger partial charge on any atom is 0.00926 e. The van der Waals surface area contributed by atoms with Gasteiger partial charge >= 0.3 is 0 Å². The van der Waals surface area contributed by atoms with E-state index in [-0.39, 0.29) is 12.4 Å². The molecule has 0 aromatic carbocycles. The third kappa shape index (κ3) is 3.61. The summed E-state index contributed by atoms with van der Waals surface area (Å²) in [5, 5.41) is 3.45. The van der Waals surface area contributed by atoms with Gasteiger partial charge in [0.25, 0.3) is 0 Å². The summed E-state index contributed by atoms with van der Waals surface area (Å²) in [5.74, 6) is 1.86. The summed E-state index contributed by atoms with van der Waals surface area (Å²) in [7, 11) is 0. The van der Waals surface area contributed by atoms with E-state index in [1.54, 1.807) is 0 Å². The second-order valence-electron chi connectivity index (χ2n) is 5.55. The van der Waals surface area contributed by atoms with Gasteiger partial charge in [0.15, 0.2) is 0 Å². The Morgan fingerprint density at radius 2 is 1.81 bits per heavy atom. The van der Waals surface area contributed by atoms with Crippen molar-refractivity contribution in [1.29, 1.82) is 0 Å². The van der Waals surface area contributed by atoms with Gasteiger partial charge in [-0.05, 0) is 64.1 Å². The molecule has 2 unspecified atom stereocenters. The van der Waals surface area contributed by atoms with Gasteiger partial charge in [-0.2, -0.15) is 0 Å². The van der Waals surface area contributed by atoms with E-state index in [4.69, 9.17) is 0 Å². The van der Waals surface area contributed by atoms with Gasteiger partial charge in [-0.1, -0.05) is 6.92 Å². The van der Waals surface area contributed by atoms with Crippen LogP contribution in [-0.4, -0.2) is 37.1 Å². The zero-order chi connectivity index (χ0) is 10.7. The van der Waals surface area contributed by atoms with Crippen LogP contribution in [0, 0.1) is 11.8 Å². The van der Waals surface area contributed by atoms with Crippen LogP contribution in [0.25, 0.3) is 0 Å². The van der Waals surface area contributed by atoms with Crippen molar-refractivity contribution in [3.63, 3.8) is 0 Å². The average Bonchev–Trinajstić information content (AvgIpc) is 2.26. The molecule has 2 atom stereocenters. The van der Waals surface area contributed by atoms with Gasteiger partial charge in [-0.15, -0.1) is 12.4 Å². The Balaban J connectivity index is 0.00000128. The summed E-state index contributed by atoms with van der Waals surface area (Å²) in [6.45, 7) is 10.0. The van der Waals surface area contributed by atoms with Gasteiger partial charge < -0.3 is 10.2 Å². The van der Waals surface area contributed by atoms with Crippen LogP contribution < -0.4 is 5.32 Å². The molecular formula is C13H27ClN2. The summed E-state index contributed by atoms with van der Waals surface area (Å²) in [6, 6.07) is 0.814. The summed E-state index contributed by atoms with van der Waals surface area (Å²) < 4.78 is 0. The SMILES string of the molecule is CC1CCCN(CC2CCNCC2)C1C.Cl. The monoisotopic (exact) mass is 246 g/mol. The number of rotatable bonds is 2. The number of piperidine rings is 2. The van der Waals surface area contributed by atoms with Gasteiger partial charge in [0.2, 0.25) is 0 Å². The second-order valence-corrected chi connectivity index (χ2v) is 5.55. The Kier molecular flexibility index (Phi) is 6.09. The minimum Gasteiger partial charge on any atom is -0.317 e. The van der Waals surface area contributed by atoms with Gasteiger partial charge in [-0.3, -0.25) is 0 Å². The molecule has 2 fully saturated rings. The quantitative estimate of drug-likeness (QED) is 0.806. The molecule has 2 heterocycles. The maximum absolute atomic E-state index is 3.45. The first-order chi connectivity index (χ1) is 7.27. The molecule has 0 bridgehead atoms. The van der Waals surface area contributed by atoms with E-state index in [1.165, 1.54) is 51.9 Å². The van der Waals surface area contributed by atoms with Crippen LogP contribution in [0.15, 0.2) is 0 Å². The van der Waals surface area contributed by atoms with Crippen molar-refractivity contribution in [3.8, 4) is 0 Å². The number of likely N-dealkylation sites (tertiary alicyclic amines) is 1. The molecule has 2 nitrogen and oxygen atoms in total. The first-order valence-electron chi connectivity index (χ1n) is 6.72. The minimum atomic E-state index is 0. The van der Waals surface area contributed by atoms with Gasteiger partial charge in [0.05, 0.1) is 0 Å². The lowest BCUT2D eigenvalue weighted by molar-refractivity contribution is 0.0883. The molecule has 0 saturated carbocycles. The Labute approximate surface area is 107 Å². The predicted octanol–water partition coefficient (Wildman–Crippen LogP) is 2.53. The molecule has 1 N–H and O–H groups in total. The van der Waals surface area contributed by atoms with Gasteiger partial charge in [0, 0.05) is 12.6 Å². The van der Waals surface area contributed by atoms with Crippen molar-refractivity contribution in [2.75, 3.05) is 26.2 Å². The molecule has 2 aliphatic heterocycles. The minimum absolute atomic E-state index is 0. The van der Waals surface area contributed by atoms with Crippen molar-refractivity contribution < 1.29 is 0 Å². The summed E-state index contributed by atoms with van der Waals surface area (Å²) in [6.07, 6.45) is 5.62. The number of nitrogens with zero attached hydrogens (tertiary/aromatic N) is 1. The molecule has 2 rings (SSSR count). The summed E-state index contributed by atoms with van der Waals surface area (Å²) in [4.78, 5) is 2.74. The first-order valence-corrected chi connectivity index (χ1v) is 6.72. The topological polar surface area (TPSA) is 15.3 Å². The molecule has 0 aromatic rings. The molecule has 0 spiro atoms. The van der Waals surface area contributed by atoms with Gasteiger partial charge in [0.1, 0.15) is 0 Å². The summed E-state index contributed by atoms with van der Waals surface area (Å²) in [5.41, 5.74) is 0. The van der Waals surface area contributed by atoms with Crippen molar-refractivity contribution in [1.82, 2.24) is 10.2 Å². The van der Waals surface area contributed by atoms with Crippen LogP contribution in [0.2, 0.25) is 0 Å². The largest absolute Gasteiger partial charge is 0.317 e. The van der Waals surface area contributed by atoms with Crippen molar-refractivity contribution in [3.05, 3.63) is 0 Å². The number of hydrogen-bond acceptors (Lipinski definition) is 2. The van der Waals surface area contributed by atoms with Crippen molar-refractivity contribution in [2.45, 2.75) is 45.6 Å². The zero-order valence-corrected chi connectivity index (χ0v) is 11.6. The lowest BCUT2D eigenvalue weighted by Gasteiger charge is -2.40. The molecule has 2 aliphatic rings. The first kappa shape index (κ1) is 14.3. The molecule has 0 radical (unpaired) electrons. The van der Waals surface area contributed by atoms with Crippen LogP contribution in [0.3, 0.4) is 0 Å². The standard InChI is InChI=1S/C13H26N2.ClH/c1-11-4-3-9-15(12(11)2)10-13-5-7-14-8-6-13;/h11-14H,3-10H2,1-2H3;1H. The number of halogens is 1.